The van der Waals surface area contributed by atoms with Gasteiger partial charge < -0.3 is 15.2 Å². The van der Waals surface area contributed by atoms with Gasteiger partial charge in [-0.1, -0.05) is 23.2 Å². The van der Waals surface area contributed by atoms with Crippen LogP contribution in [-0.4, -0.2) is 48.9 Å². The average Bonchev–Trinajstić information content (AvgIpc) is 2.46. The topological polar surface area (TPSA) is 44.7 Å². The van der Waals surface area contributed by atoms with E-state index >= 15 is 0 Å². The summed E-state index contributed by atoms with van der Waals surface area (Å²) in [6.07, 6.45) is 0. The van der Waals surface area contributed by atoms with Crippen LogP contribution in [0.5, 0.6) is 5.75 Å². The van der Waals surface area contributed by atoms with Crippen molar-refractivity contribution in [1.82, 2.24) is 10.2 Å². The maximum Gasteiger partial charge on any atom is 0.156 e. The summed E-state index contributed by atoms with van der Waals surface area (Å²) in [6, 6.07) is 3.93. The van der Waals surface area contributed by atoms with Crippen LogP contribution in [0.25, 0.3) is 0 Å². The van der Waals surface area contributed by atoms with Crippen LogP contribution in [0.4, 0.5) is 0 Å². The molecule has 2 N–H and O–H groups in total. The molecule has 1 aliphatic heterocycles. The molecule has 0 amide bonds. The molecular weight excluding hydrogens is 311 g/mol. The van der Waals surface area contributed by atoms with Gasteiger partial charge in [0.15, 0.2) is 5.75 Å². The number of ether oxygens (including phenoxy) is 1. The van der Waals surface area contributed by atoms with Crippen molar-refractivity contribution in [2.24, 2.45) is 0 Å². The van der Waals surface area contributed by atoms with Crippen molar-refractivity contribution in [2.45, 2.75) is 25.9 Å². The molecule has 2 atom stereocenters. The summed E-state index contributed by atoms with van der Waals surface area (Å²) in [7, 11) is 0. The van der Waals surface area contributed by atoms with Crippen molar-refractivity contribution < 1.29 is 9.84 Å². The van der Waals surface area contributed by atoms with E-state index in [1.54, 1.807) is 0 Å². The van der Waals surface area contributed by atoms with Crippen molar-refractivity contribution >= 4 is 23.2 Å². The van der Waals surface area contributed by atoms with Crippen molar-refractivity contribution in [3.05, 3.63) is 27.7 Å². The van der Waals surface area contributed by atoms with E-state index in [-0.39, 0.29) is 12.6 Å². The number of piperazine rings is 1. The summed E-state index contributed by atoms with van der Waals surface area (Å²) >= 11 is 12.5. The first-order chi connectivity index (χ1) is 10.1. The fourth-order valence-electron chi connectivity index (χ4n) is 2.78. The van der Waals surface area contributed by atoms with Crippen molar-refractivity contribution in [3.63, 3.8) is 0 Å². The van der Waals surface area contributed by atoms with E-state index in [0.717, 1.165) is 25.2 Å². The van der Waals surface area contributed by atoms with Gasteiger partial charge in [0.2, 0.25) is 0 Å². The number of aliphatic hydroxyl groups is 1. The molecule has 4 nitrogen and oxygen atoms in total. The molecule has 6 heteroatoms. The fraction of sp³-hybridized carbons (Fsp3) is 0.600. The highest BCUT2D eigenvalue weighted by Gasteiger charge is 2.27. The Kier molecular flexibility index (Phi) is 6.14. The quantitative estimate of drug-likeness (QED) is 0.870. The van der Waals surface area contributed by atoms with Crippen LogP contribution in [-0.2, 0) is 0 Å². The van der Waals surface area contributed by atoms with E-state index < -0.39 is 0 Å². The molecule has 1 heterocycles. The Morgan fingerprint density at radius 3 is 2.62 bits per heavy atom. The minimum absolute atomic E-state index is 0.0327. The van der Waals surface area contributed by atoms with Crippen LogP contribution in [0.2, 0.25) is 10.0 Å². The second-order valence-electron chi connectivity index (χ2n) is 5.24. The maximum absolute atomic E-state index is 9.82. The molecule has 0 bridgehead atoms. The van der Waals surface area contributed by atoms with Crippen LogP contribution in [0.3, 0.4) is 0 Å². The van der Waals surface area contributed by atoms with Crippen molar-refractivity contribution in [1.29, 1.82) is 0 Å². The number of rotatable bonds is 5. The summed E-state index contributed by atoms with van der Waals surface area (Å²) in [5, 5.41) is 14.1. The summed E-state index contributed by atoms with van der Waals surface area (Å²) < 4.78 is 5.45. The highest BCUT2D eigenvalue weighted by Crippen LogP contribution is 2.37. The van der Waals surface area contributed by atoms with E-state index in [2.05, 4.69) is 17.1 Å². The second kappa shape index (κ2) is 7.65. The summed E-state index contributed by atoms with van der Waals surface area (Å²) in [6.45, 7) is 7.29. The molecule has 1 aromatic carbocycles. The molecule has 1 saturated heterocycles. The number of aliphatic hydroxyl groups excluding tert-OH is 1. The lowest BCUT2D eigenvalue weighted by Gasteiger charge is -2.39. The summed E-state index contributed by atoms with van der Waals surface area (Å²) in [5.41, 5.74) is 0.921. The molecule has 1 fully saturated rings. The van der Waals surface area contributed by atoms with Gasteiger partial charge >= 0.3 is 0 Å². The van der Waals surface area contributed by atoms with Gasteiger partial charge in [-0.2, -0.15) is 0 Å². The van der Waals surface area contributed by atoms with Gasteiger partial charge in [0.1, 0.15) is 0 Å². The lowest BCUT2D eigenvalue weighted by molar-refractivity contribution is 0.0723. The lowest BCUT2D eigenvalue weighted by Crippen LogP contribution is -2.51. The molecule has 1 aliphatic rings. The van der Waals surface area contributed by atoms with E-state index in [4.69, 9.17) is 27.9 Å². The molecule has 2 unspecified atom stereocenters. The van der Waals surface area contributed by atoms with Crippen LogP contribution < -0.4 is 10.1 Å². The monoisotopic (exact) mass is 332 g/mol. The Bertz CT molecular complexity index is 462. The van der Waals surface area contributed by atoms with Crippen molar-refractivity contribution in [2.75, 3.05) is 32.8 Å². The van der Waals surface area contributed by atoms with Gasteiger partial charge in [-0.15, -0.1) is 0 Å². The van der Waals surface area contributed by atoms with Gasteiger partial charge in [0.25, 0.3) is 0 Å². The van der Waals surface area contributed by atoms with Gasteiger partial charge in [0.05, 0.1) is 29.3 Å². The first kappa shape index (κ1) is 16.8. The molecule has 2 rings (SSSR count). The molecule has 0 aliphatic carbocycles. The van der Waals surface area contributed by atoms with E-state index in [9.17, 15) is 5.11 Å². The largest absolute Gasteiger partial charge is 0.491 e. The van der Waals surface area contributed by atoms with Crippen molar-refractivity contribution in [3.8, 4) is 5.75 Å². The molecular formula is C15H22Cl2N2O2. The normalized spacial score (nSPS) is 21.3. The summed E-state index contributed by atoms with van der Waals surface area (Å²) in [5.74, 6) is 0.509. The minimum Gasteiger partial charge on any atom is -0.491 e. The Labute approximate surface area is 136 Å². The third kappa shape index (κ3) is 3.82. The van der Waals surface area contributed by atoms with E-state index in [0.29, 0.717) is 28.4 Å². The number of nitrogens with one attached hydrogen (secondary N) is 1. The molecule has 0 radical (unpaired) electrons. The predicted octanol–water partition coefficient (Wildman–Crippen LogP) is 2.72. The minimum atomic E-state index is -0.104. The Morgan fingerprint density at radius 2 is 2.10 bits per heavy atom. The van der Waals surface area contributed by atoms with Crippen LogP contribution in [0.15, 0.2) is 12.1 Å². The standard InChI is InChI=1S/C15H22Cl2N2O2/c1-3-21-15-12(16)6-11(7-13(15)17)14(9-20)19-5-4-18-8-10(19)2/h6-7,10,14,18,20H,3-5,8-9H2,1-2H3. The SMILES string of the molecule is CCOc1c(Cl)cc(C(CO)N2CCNCC2C)cc1Cl. The third-order valence-corrected chi connectivity index (χ3v) is 4.38. The van der Waals surface area contributed by atoms with E-state index in [1.165, 1.54) is 0 Å². The molecule has 21 heavy (non-hydrogen) atoms. The molecule has 118 valence electrons. The highest BCUT2D eigenvalue weighted by molar-refractivity contribution is 6.37. The molecule has 0 spiro atoms. The lowest BCUT2D eigenvalue weighted by atomic mass is 10.0. The molecule has 0 saturated carbocycles. The Hall–Kier alpha value is -0.520. The molecule has 0 aromatic heterocycles. The fourth-order valence-corrected chi connectivity index (χ4v) is 3.39. The van der Waals surface area contributed by atoms with Gasteiger partial charge in [-0.25, -0.2) is 0 Å². The van der Waals surface area contributed by atoms with Gasteiger partial charge in [-0.05, 0) is 31.5 Å². The van der Waals surface area contributed by atoms with Gasteiger partial charge in [-0.3, -0.25) is 4.90 Å². The first-order valence-corrected chi connectivity index (χ1v) is 8.03. The molecule has 1 aromatic rings. The number of benzene rings is 1. The number of hydrogen-bond donors (Lipinski definition) is 2. The summed E-state index contributed by atoms with van der Waals surface area (Å²) in [4.78, 5) is 2.28. The smallest absolute Gasteiger partial charge is 0.156 e. The zero-order valence-electron chi connectivity index (χ0n) is 12.4. The Morgan fingerprint density at radius 1 is 1.43 bits per heavy atom. The van der Waals surface area contributed by atoms with Gasteiger partial charge in [0, 0.05) is 25.7 Å². The second-order valence-corrected chi connectivity index (χ2v) is 6.05. The Balaban J connectivity index is 2.29. The predicted molar refractivity (Wildman–Crippen MR) is 86.5 cm³/mol. The van der Waals surface area contributed by atoms with Crippen LogP contribution in [0.1, 0.15) is 25.5 Å². The van der Waals surface area contributed by atoms with Crippen LogP contribution in [0, 0.1) is 0 Å². The number of nitrogens with zero attached hydrogens (tertiary/aromatic N) is 1. The zero-order chi connectivity index (χ0) is 15.4. The van der Waals surface area contributed by atoms with Crippen LogP contribution >= 0.6 is 23.2 Å². The number of hydrogen-bond acceptors (Lipinski definition) is 4. The average molecular weight is 333 g/mol. The maximum atomic E-state index is 9.82. The zero-order valence-corrected chi connectivity index (χ0v) is 13.9. The highest BCUT2D eigenvalue weighted by atomic mass is 35.5. The number of halogens is 2. The van der Waals surface area contributed by atoms with E-state index in [1.807, 2.05) is 19.1 Å². The first-order valence-electron chi connectivity index (χ1n) is 7.27. The third-order valence-electron chi connectivity index (χ3n) is 3.82.